The molecule has 1 aromatic rings. The number of hydrogen-bond acceptors (Lipinski definition) is 4. The van der Waals surface area contributed by atoms with E-state index in [4.69, 9.17) is 15.1 Å². The van der Waals surface area contributed by atoms with Crippen molar-refractivity contribution in [3.63, 3.8) is 0 Å². The molecule has 0 radical (unpaired) electrons. The van der Waals surface area contributed by atoms with Crippen LogP contribution in [0.25, 0.3) is 0 Å². The Labute approximate surface area is 105 Å². The molecule has 1 N–H and O–H groups in total. The minimum absolute atomic E-state index is 0.287. The lowest BCUT2D eigenvalue weighted by Crippen LogP contribution is -2.62. The Balaban J connectivity index is 2.00. The van der Waals surface area contributed by atoms with Gasteiger partial charge in [-0.25, -0.2) is 4.79 Å². The zero-order valence-corrected chi connectivity index (χ0v) is 10.1. The molecule has 1 aliphatic rings. The van der Waals surface area contributed by atoms with Gasteiger partial charge in [-0.15, -0.1) is 0 Å². The fourth-order valence-electron chi connectivity index (χ4n) is 2.10. The molecular formula is C13H14N2O3. The molecule has 5 heteroatoms. The van der Waals surface area contributed by atoms with Crippen molar-refractivity contribution in [1.82, 2.24) is 0 Å². The number of anilines is 1. The number of para-hydroxylation sites is 1. The number of aliphatic carboxylic acids is 1. The van der Waals surface area contributed by atoms with Crippen LogP contribution in [0, 0.1) is 11.3 Å². The van der Waals surface area contributed by atoms with Gasteiger partial charge in [-0.1, -0.05) is 12.1 Å². The monoisotopic (exact) mass is 246 g/mol. The summed E-state index contributed by atoms with van der Waals surface area (Å²) in [5.74, 6) is -0.966. The molecule has 0 spiro atoms. The summed E-state index contributed by atoms with van der Waals surface area (Å²) in [4.78, 5) is 12.5. The van der Waals surface area contributed by atoms with Crippen molar-refractivity contribution in [3.05, 3.63) is 29.8 Å². The van der Waals surface area contributed by atoms with Crippen LogP contribution in [-0.4, -0.2) is 36.4 Å². The third-order valence-electron chi connectivity index (χ3n) is 2.96. The lowest BCUT2D eigenvalue weighted by atomic mass is 9.94. The van der Waals surface area contributed by atoms with E-state index in [-0.39, 0.29) is 6.61 Å². The van der Waals surface area contributed by atoms with Crippen molar-refractivity contribution >= 4 is 11.7 Å². The molecular weight excluding hydrogens is 232 g/mol. The van der Waals surface area contributed by atoms with Crippen molar-refractivity contribution < 1.29 is 14.6 Å². The van der Waals surface area contributed by atoms with Gasteiger partial charge in [-0.05, 0) is 19.1 Å². The Kier molecular flexibility index (Phi) is 3.21. The molecule has 94 valence electrons. The zero-order chi connectivity index (χ0) is 13.2. The molecule has 0 aromatic heterocycles. The SMILES string of the molecule is CC1(OCC(=O)O)CN(c2ccccc2C#N)C1. The summed E-state index contributed by atoms with van der Waals surface area (Å²) in [6.45, 7) is 2.78. The van der Waals surface area contributed by atoms with Crippen molar-refractivity contribution in [1.29, 1.82) is 5.26 Å². The van der Waals surface area contributed by atoms with Gasteiger partial charge in [0.15, 0.2) is 0 Å². The highest BCUT2D eigenvalue weighted by Crippen LogP contribution is 2.32. The topological polar surface area (TPSA) is 73.6 Å². The predicted octanol–water partition coefficient (Wildman–Crippen LogP) is 1.24. The summed E-state index contributed by atoms with van der Waals surface area (Å²) in [7, 11) is 0. The van der Waals surface area contributed by atoms with E-state index in [2.05, 4.69) is 6.07 Å². The van der Waals surface area contributed by atoms with Crippen LogP contribution in [0.3, 0.4) is 0 Å². The number of rotatable bonds is 4. The molecule has 0 bridgehead atoms. The van der Waals surface area contributed by atoms with E-state index in [1.54, 1.807) is 6.07 Å². The minimum atomic E-state index is -0.966. The standard InChI is InChI=1S/C13H14N2O3/c1-13(18-7-12(16)17)8-15(9-13)11-5-3-2-4-10(11)6-14/h2-5H,7-9H2,1H3,(H,16,17). The van der Waals surface area contributed by atoms with Crippen LogP contribution in [0.5, 0.6) is 0 Å². The van der Waals surface area contributed by atoms with Crippen LogP contribution >= 0.6 is 0 Å². The Morgan fingerprint density at radius 1 is 1.56 bits per heavy atom. The Morgan fingerprint density at radius 2 is 2.22 bits per heavy atom. The summed E-state index contributed by atoms with van der Waals surface area (Å²) < 4.78 is 5.33. The second-order valence-electron chi connectivity index (χ2n) is 4.62. The summed E-state index contributed by atoms with van der Waals surface area (Å²) in [6.07, 6.45) is 0. The van der Waals surface area contributed by atoms with E-state index in [0.29, 0.717) is 18.7 Å². The number of hydrogen-bond donors (Lipinski definition) is 1. The number of benzene rings is 1. The summed E-state index contributed by atoms with van der Waals surface area (Å²) >= 11 is 0. The lowest BCUT2D eigenvalue weighted by Gasteiger charge is -2.48. The summed E-state index contributed by atoms with van der Waals surface area (Å²) in [5, 5.41) is 17.6. The van der Waals surface area contributed by atoms with Gasteiger partial charge in [-0.2, -0.15) is 5.26 Å². The predicted molar refractivity (Wildman–Crippen MR) is 65.4 cm³/mol. The highest BCUT2D eigenvalue weighted by Gasteiger charge is 2.40. The van der Waals surface area contributed by atoms with Crippen LogP contribution in [0.4, 0.5) is 5.69 Å². The number of nitrogens with zero attached hydrogens (tertiary/aromatic N) is 2. The first-order valence-corrected chi connectivity index (χ1v) is 5.64. The molecule has 0 aliphatic carbocycles. The third kappa shape index (κ3) is 2.44. The average molecular weight is 246 g/mol. The van der Waals surface area contributed by atoms with Crippen LogP contribution in [0.15, 0.2) is 24.3 Å². The van der Waals surface area contributed by atoms with Gasteiger partial charge in [0, 0.05) is 13.1 Å². The molecule has 1 aromatic carbocycles. The van der Waals surface area contributed by atoms with Crippen LogP contribution in [0.2, 0.25) is 0 Å². The van der Waals surface area contributed by atoms with E-state index in [1.807, 2.05) is 30.0 Å². The molecule has 0 saturated carbocycles. The highest BCUT2D eigenvalue weighted by atomic mass is 16.5. The Bertz CT molecular complexity index is 501. The maximum Gasteiger partial charge on any atom is 0.329 e. The fraction of sp³-hybridized carbons (Fsp3) is 0.385. The van der Waals surface area contributed by atoms with Crippen LogP contribution in [-0.2, 0) is 9.53 Å². The van der Waals surface area contributed by atoms with Crippen molar-refractivity contribution in [2.24, 2.45) is 0 Å². The van der Waals surface area contributed by atoms with E-state index in [1.165, 1.54) is 0 Å². The zero-order valence-electron chi connectivity index (χ0n) is 10.1. The van der Waals surface area contributed by atoms with Gasteiger partial charge < -0.3 is 14.7 Å². The van der Waals surface area contributed by atoms with Gasteiger partial charge in [0.05, 0.1) is 11.3 Å². The number of nitriles is 1. The van der Waals surface area contributed by atoms with E-state index in [0.717, 1.165) is 5.69 Å². The van der Waals surface area contributed by atoms with Crippen molar-refractivity contribution in [2.45, 2.75) is 12.5 Å². The Hall–Kier alpha value is -2.06. The smallest absolute Gasteiger partial charge is 0.329 e. The highest BCUT2D eigenvalue weighted by molar-refractivity contribution is 5.68. The van der Waals surface area contributed by atoms with Gasteiger partial charge >= 0.3 is 5.97 Å². The quantitative estimate of drug-likeness (QED) is 0.865. The molecule has 18 heavy (non-hydrogen) atoms. The van der Waals surface area contributed by atoms with Crippen LogP contribution < -0.4 is 4.90 Å². The first-order chi connectivity index (χ1) is 8.54. The summed E-state index contributed by atoms with van der Waals surface area (Å²) in [5.41, 5.74) is 1.05. The van der Waals surface area contributed by atoms with E-state index in [9.17, 15) is 4.79 Å². The van der Waals surface area contributed by atoms with Gasteiger partial charge in [0.25, 0.3) is 0 Å². The molecule has 2 rings (SSSR count). The molecule has 0 unspecified atom stereocenters. The summed E-state index contributed by atoms with van der Waals surface area (Å²) in [6, 6.07) is 9.50. The van der Waals surface area contributed by atoms with Gasteiger partial charge in [0.2, 0.25) is 0 Å². The molecule has 0 atom stereocenters. The first-order valence-electron chi connectivity index (χ1n) is 5.64. The molecule has 0 amide bonds. The largest absolute Gasteiger partial charge is 0.480 e. The van der Waals surface area contributed by atoms with Crippen molar-refractivity contribution in [2.75, 3.05) is 24.6 Å². The van der Waals surface area contributed by atoms with Gasteiger partial charge in [0.1, 0.15) is 18.3 Å². The number of carboxylic acid groups (broad SMARTS) is 1. The lowest BCUT2D eigenvalue weighted by molar-refractivity contribution is -0.150. The fourth-order valence-corrected chi connectivity index (χ4v) is 2.10. The second-order valence-corrected chi connectivity index (χ2v) is 4.62. The number of carboxylic acids is 1. The van der Waals surface area contributed by atoms with E-state index < -0.39 is 11.6 Å². The maximum absolute atomic E-state index is 10.5. The Morgan fingerprint density at radius 3 is 2.83 bits per heavy atom. The molecule has 1 fully saturated rings. The molecule has 5 nitrogen and oxygen atoms in total. The average Bonchev–Trinajstić information content (AvgIpc) is 2.33. The van der Waals surface area contributed by atoms with E-state index >= 15 is 0 Å². The molecule has 1 aliphatic heterocycles. The molecule has 1 saturated heterocycles. The number of ether oxygens (including phenoxy) is 1. The third-order valence-corrected chi connectivity index (χ3v) is 2.96. The number of carbonyl (C=O) groups is 1. The first kappa shape index (κ1) is 12.4. The minimum Gasteiger partial charge on any atom is -0.480 e. The van der Waals surface area contributed by atoms with Crippen LogP contribution in [0.1, 0.15) is 12.5 Å². The van der Waals surface area contributed by atoms with Gasteiger partial charge in [-0.3, -0.25) is 0 Å². The van der Waals surface area contributed by atoms with Crippen molar-refractivity contribution in [3.8, 4) is 6.07 Å². The second kappa shape index (κ2) is 4.67. The normalized spacial score (nSPS) is 16.8. The maximum atomic E-state index is 10.5. The molecule has 1 heterocycles.